The molecule has 2 atom stereocenters. The molecule has 0 bridgehead atoms. The summed E-state index contributed by atoms with van der Waals surface area (Å²) in [6, 6.07) is 1.78. The Bertz CT molecular complexity index is 458. The van der Waals surface area contributed by atoms with Gasteiger partial charge in [-0.2, -0.15) is 4.39 Å². The van der Waals surface area contributed by atoms with Crippen LogP contribution in [0.15, 0.2) is 16.3 Å². The van der Waals surface area contributed by atoms with E-state index in [0.29, 0.717) is 11.3 Å². The lowest BCUT2D eigenvalue weighted by atomic mass is 10.0. The van der Waals surface area contributed by atoms with Gasteiger partial charge in [-0.05, 0) is 18.1 Å². The van der Waals surface area contributed by atoms with Gasteiger partial charge in [-0.3, -0.25) is 0 Å². The second kappa shape index (κ2) is 5.90. The molecule has 0 aliphatic carbocycles. The highest BCUT2D eigenvalue weighted by Crippen LogP contribution is 2.21. The molecule has 0 aliphatic heterocycles. The minimum absolute atomic E-state index is 0.0135. The summed E-state index contributed by atoms with van der Waals surface area (Å²) in [5, 5.41) is 8.60. The van der Waals surface area contributed by atoms with Gasteiger partial charge in [0.1, 0.15) is 4.21 Å². The number of aliphatic hydroxyl groups is 1. The van der Waals surface area contributed by atoms with Crippen LogP contribution in [-0.2, 0) is 10.0 Å². The van der Waals surface area contributed by atoms with Crippen molar-refractivity contribution in [2.75, 3.05) is 6.61 Å². The largest absolute Gasteiger partial charge is 0.395 e. The van der Waals surface area contributed by atoms with Gasteiger partial charge in [0, 0.05) is 6.04 Å². The second-order valence-corrected chi connectivity index (χ2v) is 6.83. The number of aliphatic hydroxyl groups excluding tert-OH is 1. The quantitative estimate of drug-likeness (QED) is 0.832. The monoisotopic (exact) mass is 281 g/mol. The summed E-state index contributed by atoms with van der Waals surface area (Å²) in [7, 11) is -3.74. The Morgan fingerprint density at radius 1 is 1.53 bits per heavy atom. The molecule has 98 valence electrons. The molecule has 2 unspecified atom stereocenters. The summed E-state index contributed by atoms with van der Waals surface area (Å²) in [6.45, 7) is 3.48. The maximum absolute atomic E-state index is 12.8. The molecule has 0 spiro atoms. The van der Waals surface area contributed by atoms with E-state index in [4.69, 9.17) is 5.11 Å². The summed E-state index contributed by atoms with van der Waals surface area (Å²) in [4.78, 5) is 0. The third-order valence-corrected chi connectivity index (χ3v) is 5.50. The summed E-state index contributed by atoms with van der Waals surface area (Å²) in [5.41, 5.74) is 0. The van der Waals surface area contributed by atoms with E-state index in [-0.39, 0.29) is 16.7 Å². The standard InChI is InChI=1S/C10H16FNO3S2/c1-3-7(2)8(6-13)12-17(14,15)10-5-4-9(11)16-10/h4-5,7-8,12-13H,3,6H2,1-2H3. The molecule has 1 rings (SSSR count). The lowest BCUT2D eigenvalue weighted by molar-refractivity contribution is 0.219. The van der Waals surface area contributed by atoms with E-state index in [9.17, 15) is 12.8 Å². The van der Waals surface area contributed by atoms with Crippen LogP contribution in [0.2, 0.25) is 0 Å². The molecule has 1 heterocycles. The summed E-state index contributed by atoms with van der Waals surface area (Å²) in [6.07, 6.45) is 0.743. The van der Waals surface area contributed by atoms with Gasteiger partial charge < -0.3 is 5.11 Å². The zero-order valence-electron chi connectivity index (χ0n) is 9.68. The first-order valence-corrected chi connectivity index (χ1v) is 7.59. The number of hydrogen-bond acceptors (Lipinski definition) is 4. The summed E-state index contributed by atoms with van der Waals surface area (Å²) in [5.74, 6) is 0.0135. The maximum Gasteiger partial charge on any atom is 0.250 e. The van der Waals surface area contributed by atoms with Crippen molar-refractivity contribution in [1.29, 1.82) is 0 Å². The molecule has 0 saturated carbocycles. The van der Waals surface area contributed by atoms with E-state index in [1.807, 2.05) is 13.8 Å². The van der Waals surface area contributed by atoms with Crippen molar-refractivity contribution in [2.45, 2.75) is 30.5 Å². The van der Waals surface area contributed by atoms with Crippen LogP contribution in [0.4, 0.5) is 4.39 Å². The van der Waals surface area contributed by atoms with Crippen molar-refractivity contribution in [2.24, 2.45) is 5.92 Å². The first kappa shape index (κ1) is 14.6. The van der Waals surface area contributed by atoms with Crippen LogP contribution in [0.25, 0.3) is 0 Å². The zero-order chi connectivity index (χ0) is 13.1. The molecule has 0 aliphatic rings. The third kappa shape index (κ3) is 3.74. The maximum atomic E-state index is 12.8. The lowest BCUT2D eigenvalue weighted by Crippen LogP contribution is -2.41. The molecule has 0 saturated heterocycles. The SMILES string of the molecule is CCC(C)C(CO)NS(=O)(=O)c1ccc(F)s1. The molecule has 0 aromatic carbocycles. The van der Waals surface area contributed by atoms with Crippen LogP contribution in [0.1, 0.15) is 20.3 Å². The average Bonchev–Trinajstić information content (AvgIpc) is 2.72. The summed E-state index contributed by atoms with van der Waals surface area (Å²) < 4.78 is 38.8. The van der Waals surface area contributed by atoms with Gasteiger partial charge in [0.2, 0.25) is 10.0 Å². The van der Waals surface area contributed by atoms with E-state index in [1.165, 1.54) is 6.07 Å². The van der Waals surface area contributed by atoms with Gasteiger partial charge in [-0.25, -0.2) is 13.1 Å². The van der Waals surface area contributed by atoms with Crippen LogP contribution in [0, 0.1) is 11.0 Å². The number of rotatable bonds is 6. The van der Waals surface area contributed by atoms with Crippen molar-refractivity contribution in [3.63, 3.8) is 0 Å². The van der Waals surface area contributed by atoms with Gasteiger partial charge >= 0.3 is 0 Å². The van der Waals surface area contributed by atoms with Gasteiger partial charge in [0.15, 0.2) is 5.13 Å². The fourth-order valence-electron chi connectivity index (χ4n) is 1.32. The molecule has 2 N–H and O–H groups in total. The van der Waals surface area contributed by atoms with Crippen molar-refractivity contribution < 1.29 is 17.9 Å². The fourth-order valence-corrected chi connectivity index (χ4v) is 3.67. The highest BCUT2D eigenvalue weighted by molar-refractivity contribution is 7.91. The Labute approximate surface area is 105 Å². The van der Waals surface area contributed by atoms with Crippen molar-refractivity contribution in [1.82, 2.24) is 4.72 Å². The van der Waals surface area contributed by atoms with E-state index in [1.54, 1.807) is 0 Å². The normalized spacial score (nSPS) is 15.8. The number of thiophene rings is 1. The highest BCUT2D eigenvalue weighted by Gasteiger charge is 2.24. The minimum atomic E-state index is -3.74. The minimum Gasteiger partial charge on any atom is -0.395 e. The number of halogens is 1. The molecule has 0 fully saturated rings. The Morgan fingerprint density at radius 3 is 2.59 bits per heavy atom. The van der Waals surface area contributed by atoms with Crippen LogP contribution >= 0.6 is 11.3 Å². The molecular weight excluding hydrogens is 265 g/mol. The second-order valence-electron chi connectivity index (χ2n) is 3.85. The van der Waals surface area contributed by atoms with E-state index >= 15 is 0 Å². The lowest BCUT2D eigenvalue weighted by Gasteiger charge is -2.21. The smallest absolute Gasteiger partial charge is 0.250 e. The Kier molecular flexibility index (Phi) is 5.05. The molecule has 0 amide bonds. The van der Waals surface area contributed by atoms with Gasteiger partial charge in [0.05, 0.1) is 6.61 Å². The number of hydrogen-bond donors (Lipinski definition) is 2. The van der Waals surface area contributed by atoms with E-state index < -0.39 is 21.2 Å². The molecule has 4 nitrogen and oxygen atoms in total. The number of sulfonamides is 1. The van der Waals surface area contributed by atoms with Gasteiger partial charge in [-0.1, -0.05) is 31.6 Å². The molecular formula is C10H16FNO3S2. The van der Waals surface area contributed by atoms with E-state index in [2.05, 4.69) is 4.72 Å². The van der Waals surface area contributed by atoms with Gasteiger partial charge in [0.25, 0.3) is 0 Å². The molecule has 0 radical (unpaired) electrons. The topological polar surface area (TPSA) is 66.4 Å². The van der Waals surface area contributed by atoms with E-state index in [0.717, 1.165) is 12.5 Å². The van der Waals surface area contributed by atoms with Crippen LogP contribution < -0.4 is 4.72 Å². The molecule has 17 heavy (non-hydrogen) atoms. The average molecular weight is 281 g/mol. The van der Waals surface area contributed by atoms with Crippen molar-refractivity contribution in [3.8, 4) is 0 Å². The number of nitrogens with one attached hydrogen (secondary N) is 1. The zero-order valence-corrected chi connectivity index (χ0v) is 11.3. The Balaban J connectivity index is 2.85. The summed E-state index contributed by atoms with van der Waals surface area (Å²) >= 11 is 0.568. The predicted octanol–water partition coefficient (Wildman–Crippen LogP) is 1.57. The van der Waals surface area contributed by atoms with Gasteiger partial charge in [-0.15, -0.1) is 0 Å². The first-order chi connectivity index (χ1) is 7.90. The Hall–Kier alpha value is -0.500. The molecule has 7 heteroatoms. The van der Waals surface area contributed by atoms with Crippen LogP contribution in [0.5, 0.6) is 0 Å². The predicted molar refractivity (Wildman–Crippen MR) is 64.9 cm³/mol. The Morgan fingerprint density at radius 2 is 2.18 bits per heavy atom. The van der Waals surface area contributed by atoms with Crippen LogP contribution in [0.3, 0.4) is 0 Å². The highest BCUT2D eigenvalue weighted by atomic mass is 32.2. The first-order valence-electron chi connectivity index (χ1n) is 5.29. The van der Waals surface area contributed by atoms with Crippen molar-refractivity contribution >= 4 is 21.4 Å². The van der Waals surface area contributed by atoms with Crippen molar-refractivity contribution in [3.05, 3.63) is 17.3 Å². The molecule has 1 aromatic heterocycles. The van der Waals surface area contributed by atoms with Crippen LogP contribution in [-0.4, -0.2) is 26.2 Å². The molecule has 1 aromatic rings. The fraction of sp³-hybridized carbons (Fsp3) is 0.600. The third-order valence-electron chi connectivity index (χ3n) is 2.65.